The van der Waals surface area contributed by atoms with Crippen LogP contribution in [0.25, 0.3) is 0 Å². The number of hydrogen-bond donors (Lipinski definition) is 3. The fraction of sp³-hybridized carbons (Fsp3) is 0.606. The molecule has 42 heavy (non-hydrogen) atoms. The second-order valence-electron chi connectivity index (χ2n) is 13.8. The van der Waals surface area contributed by atoms with Gasteiger partial charge in [0.15, 0.2) is 0 Å². The molecule has 1 atom stereocenters. The van der Waals surface area contributed by atoms with Gasteiger partial charge in [0.1, 0.15) is 11.6 Å². The molecule has 228 valence electrons. The van der Waals surface area contributed by atoms with Crippen molar-refractivity contribution in [2.75, 3.05) is 39.3 Å². The fourth-order valence-electron chi connectivity index (χ4n) is 6.86. The predicted octanol–water partition coefficient (Wildman–Crippen LogP) is 4.53. The molecule has 2 aliphatic rings. The van der Waals surface area contributed by atoms with E-state index in [1.54, 1.807) is 6.20 Å². The van der Waals surface area contributed by atoms with Crippen LogP contribution in [0.4, 0.5) is 0 Å². The van der Waals surface area contributed by atoms with Crippen LogP contribution in [0.5, 0.6) is 0 Å². The largest absolute Gasteiger partial charge is 0.481 e. The van der Waals surface area contributed by atoms with E-state index in [0.717, 1.165) is 42.3 Å². The van der Waals surface area contributed by atoms with Crippen LogP contribution in [0.2, 0.25) is 0 Å². The van der Waals surface area contributed by atoms with Crippen molar-refractivity contribution >= 4 is 5.97 Å². The highest BCUT2D eigenvalue weighted by Crippen LogP contribution is 2.40. The minimum atomic E-state index is -0.818. The van der Waals surface area contributed by atoms with Gasteiger partial charge in [-0.1, -0.05) is 45.0 Å². The van der Waals surface area contributed by atoms with E-state index < -0.39 is 5.97 Å². The highest BCUT2D eigenvalue weighted by Gasteiger charge is 2.40. The average Bonchev–Trinajstić information content (AvgIpc) is 3.70. The number of hydrogen-bond acceptors (Lipinski definition) is 6. The quantitative estimate of drug-likeness (QED) is 0.275. The van der Waals surface area contributed by atoms with Crippen molar-refractivity contribution in [2.24, 2.45) is 10.8 Å². The molecule has 2 saturated heterocycles. The summed E-state index contributed by atoms with van der Waals surface area (Å²) in [7, 11) is 0. The third kappa shape index (κ3) is 8.52. The van der Waals surface area contributed by atoms with Gasteiger partial charge in [0.25, 0.3) is 0 Å². The van der Waals surface area contributed by atoms with Crippen LogP contribution in [-0.2, 0) is 30.7 Å². The zero-order valence-electron chi connectivity index (χ0n) is 25.7. The maximum absolute atomic E-state index is 11.1. The number of carboxylic acids is 1. The van der Waals surface area contributed by atoms with E-state index in [-0.39, 0.29) is 12.5 Å². The number of benzene rings is 1. The summed E-state index contributed by atoms with van der Waals surface area (Å²) >= 11 is 0. The Morgan fingerprint density at radius 2 is 1.83 bits per heavy atom. The highest BCUT2D eigenvalue weighted by molar-refractivity contribution is 5.70. The molecule has 2 fully saturated rings. The van der Waals surface area contributed by atoms with Crippen LogP contribution in [0.1, 0.15) is 75.3 Å². The first-order valence-corrected chi connectivity index (χ1v) is 15.6. The van der Waals surface area contributed by atoms with Crippen molar-refractivity contribution in [1.82, 2.24) is 34.6 Å². The molecule has 0 bridgehead atoms. The fourth-order valence-corrected chi connectivity index (χ4v) is 6.86. The lowest BCUT2D eigenvalue weighted by Crippen LogP contribution is -2.44. The van der Waals surface area contributed by atoms with Crippen LogP contribution in [0, 0.1) is 10.8 Å². The summed E-state index contributed by atoms with van der Waals surface area (Å²) in [5.74, 6) is 1.11. The number of likely N-dealkylation sites (tertiary alicyclic amines) is 2. The molecule has 2 aliphatic heterocycles. The predicted molar refractivity (Wildman–Crippen MR) is 165 cm³/mol. The van der Waals surface area contributed by atoms with Crippen LogP contribution >= 0.6 is 0 Å². The second-order valence-corrected chi connectivity index (χ2v) is 13.8. The van der Waals surface area contributed by atoms with Gasteiger partial charge >= 0.3 is 5.97 Å². The van der Waals surface area contributed by atoms with E-state index >= 15 is 0 Å². The molecule has 9 heteroatoms. The van der Waals surface area contributed by atoms with Gasteiger partial charge in [-0.2, -0.15) is 0 Å². The first-order valence-electron chi connectivity index (χ1n) is 15.6. The number of aliphatic carboxylic acids is 1. The Morgan fingerprint density at radius 3 is 2.55 bits per heavy atom. The molecular weight excluding hydrogens is 526 g/mol. The number of aromatic nitrogens is 4. The van der Waals surface area contributed by atoms with Crippen molar-refractivity contribution in [2.45, 2.75) is 78.4 Å². The molecule has 1 unspecified atom stereocenters. The Balaban J connectivity index is 1.11. The van der Waals surface area contributed by atoms with Crippen molar-refractivity contribution in [3.63, 3.8) is 0 Å². The Bertz CT molecular complexity index is 1270. The summed E-state index contributed by atoms with van der Waals surface area (Å²) in [6.07, 6.45) is 13.5. The minimum Gasteiger partial charge on any atom is -0.481 e. The Morgan fingerprint density at radius 1 is 1.07 bits per heavy atom. The van der Waals surface area contributed by atoms with Gasteiger partial charge in [0, 0.05) is 57.4 Å². The summed E-state index contributed by atoms with van der Waals surface area (Å²) in [5.41, 5.74) is 2.77. The number of carbonyl (C=O) groups is 1. The Kier molecular flexibility index (Phi) is 9.81. The van der Waals surface area contributed by atoms with Gasteiger partial charge < -0.3 is 29.8 Å². The third-order valence-electron chi connectivity index (χ3n) is 8.94. The number of piperidine rings is 1. The van der Waals surface area contributed by atoms with E-state index in [2.05, 4.69) is 56.6 Å². The van der Waals surface area contributed by atoms with Crippen molar-refractivity contribution in [3.8, 4) is 0 Å². The van der Waals surface area contributed by atoms with Crippen LogP contribution in [0.15, 0.2) is 49.1 Å². The van der Waals surface area contributed by atoms with E-state index in [1.165, 1.54) is 52.0 Å². The van der Waals surface area contributed by atoms with Crippen molar-refractivity contribution in [3.05, 3.63) is 71.8 Å². The number of imidazole rings is 2. The molecule has 0 aliphatic carbocycles. The smallest absolute Gasteiger partial charge is 0.307 e. The molecule has 2 aromatic heterocycles. The Labute approximate surface area is 250 Å². The summed E-state index contributed by atoms with van der Waals surface area (Å²) in [6, 6.07) is 7.72. The summed E-state index contributed by atoms with van der Waals surface area (Å²) in [5, 5.41) is 12.8. The van der Waals surface area contributed by atoms with Gasteiger partial charge in [-0.25, -0.2) is 9.97 Å². The minimum absolute atomic E-state index is 0.0291. The number of H-pyrrole nitrogens is 1. The van der Waals surface area contributed by atoms with Crippen molar-refractivity contribution < 1.29 is 9.90 Å². The molecule has 5 rings (SSSR count). The number of aryl methyl sites for hydroxylation is 1. The molecular formula is C33H49N7O2. The summed E-state index contributed by atoms with van der Waals surface area (Å²) in [6.45, 7) is 15.9. The Hall–Kier alpha value is -3.01. The monoisotopic (exact) mass is 575 g/mol. The maximum atomic E-state index is 11.1. The zero-order chi connectivity index (χ0) is 29.6. The molecule has 4 heterocycles. The van der Waals surface area contributed by atoms with Crippen LogP contribution < -0.4 is 5.32 Å². The second kappa shape index (κ2) is 13.5. The van der Waals surface area contributed by atoms with E-state index in [9.17, 15) is 4.79 Å². The molecule has 3 N–H and O–H groups in total. The average molecular weight is 576 g/mol. The highest BCUT2D eigenvalue weighted by atomic mass is 16.4. The lowest BCUT2D eigenvalue weighted by molar-refractivity contribution is -0.136. The lowest BCUT2D eigenvalue weighted by atomic mass is 9.77. The molecule has 0 radical (unpaired) electrons. The normalized spacial score (nSPS) is 18.5. The maximum Gasteiger partial charge on any atom is 0.307 e. The van der Waals surface area contributed by atoms with E-state index in [1.807, 2.05) is 36.7 Å². The zero-order valence-corrected chi connectivity index (χ0v) is 25.7. The standard InChI is InChI=1S/C33H49N7O2/c1-32(2,3)24-39-17-9-33(10-18-39)8-16-38(25-33)14-5-15-40-19-13-34-29(40)22-28(31-35-11-12-36-31)37-23-27-7-4-6-26(20-27)21-30(41)42/h4,6-7,11-13,19-20,28,37H,5,8-10,14-18,21-25H2,1-3H3,(H,35,36)(H,41,42). The number of rotatable bonds is 13. The van der Waals surface area contributed by atoms with Crippen molar-refractivity contribution in [1.29, 1.82) is 0 Å². The summed E-state index contributed by atoms with van der Waals surface area (Å²) < 4.78 is 2.29. The molecule has 9 nitrogen and oxygen atoms in total. The molecule has 1 spiro atoms. The third-order valence-corrected chi connectivity index (χ3v) is 8.94. The van der Waals surface area contributed by atoms with Gasteiger partial charge in [0.2, 0.25) is 0 Å². The number of nitrogens with zero attached hydrogens (tertiary/aromatic N) is 5. The number of nitrogens with one attached hydrogen (secondary N) is 2. The first-order chi connectivity index (χ1) is 20.2. The van der Waals surface area contributed by atoms with E-state index in [0.29, 0.717) is 23.8 Å². The van der Waals surface area contributed by atoms with Crippen LogP contribution in [-0.4, -0.2) is 79.7 Å². The summed E-state index contributed by atoms with van der Waals surface area (Å²) in [4.78, 5) is 29.0. The first kappa shape index (κ1) is 30.4. The molecule has 1 aromatic carbocycles. The molecule has 0 amide bonds. The van der Waals surface area contributed by atoms with E-state index in [4.69, 9.17) is 10.1 Å². The molecule has 0 saturated carbocycles. The van der Waals surface area contributed by atoms with Gasteiger partial charge in [-0.15, -0.1) is 0 Å². The van der Waals surface area contributed by atoms with Gasteiger partial charge in [-0.05, 0) is 73.8 Å². The molecule has 3 aromatic rings. The van der Waals surface area contributed by atoms with Gasteiger partial charge in [0.05, 0.1) is 12.5 Å². The van der Waals surface area contributed by atoms with Gasteiger partial charge in [-0.3, -0.25) is 4.79 Å². The lowest BCUT2D eigenvalue weighted by Gasteiger charge is -2.41. The number of aromatic amines is 1. The van der Waals surface area contributed by atoms with Crippen LogP contribution in [0.3, 0.4) is 0 Å². The SMILES string of the molecule is CC(C)(C)CN1CCC2(CC1)CCN(CCCn1ccnc1CC(NCc1cccc(CC(=O)O)c1)c1ncc[nH]1)C2. The number of carboxylic acid groups (broad SMARTS) is 1. The topological polar surface area (TPSA) is 102 Å².